The first kappa shape index (κ1) is 16.5. The van der Waals surface area contributed by atoms with Crippen LogP contribution < -0.4 is 16.8 Å². The first-order chi connectivity index (χ1) is 9.63. The van der Waals surface area contributed by atoms with E-state index < -0.39 is 0 Å². The number of para-hydroxylation sites is 1. The van der Waals surface area contributed by atoms with E-state index in [9.17, 15) is 9.59 Å². The number of nitrogens with two attached hydrogens (primary N) is 2. The maximum Gasteiger partial charge on any atom is 0.227 e. The lowest BCUT2D eigenvalue weighted by molar-refractivity contribution is -0.116. The largest absolute Gasteiger partial charge is 0.369 e. The molecule has 0 aromatic heterocycles. The second-order valence-electron chi connectivity index (χ2n) is 4.40. The van der Waals surface area contributed by atoms with Crippen LogP contribution in [0, 0.1) is 0 Å². The number of carbonyl (C=O) groups excluding carboxylic acids is 2. The third kappa shape index (κ3) is 6.58. The number of anilines is 1. The highest BCUT2D eigenvalue weighted by molar-refractivity contribution is 8.00. The van der Waals surface area contributed by atoms with Gasteiger partial charge in [0.05, 0.1) is 11.4 Å². The average Bonchev–Trinajstić information content (AvgIpc) is 2.42. The normalized spacial score (nSPS) is 10.2. The fourth-order valence-corrected chi connectivity index (χ4v) is 2.41. The van der Waals surface area contributed by atoms with Crippen LogP contribution in [0.5, 0.6) is 0 Å². The number of unbranched alkanes of at least 4 members (excludes halogenated alkanes) is 2. The van der Waals surface area contributed by atoms with Crippen LogP contribution in [0.4, 0.5) is 5.69 Å². The lowest BCUT2D eigenvalue weighted by atomic mass is 10.2. The molecule has 5 N–H and O–H groups in total. The summed E-state index contributed by atoms with van der Waals surface area (Å²) in [4.78, 5) is 23.5. The van der Waals surface area contributed by atoms with E-state index in [2.05, 4.69) is 5.32 Å². The number of thioether (sulfide) groups is 1. The highest BCUT2D eigenvalue weighted by Gasteiger charge is 2.07. The molecule has 0 fully saturated rings. The molecular formula is C14H21N3O2S. The Morgan fingerprint density at radius 1 is 1.15 bits per heavy atom. The van der Waals surface area contributed by atoms with Crippen LogP contribution in [0.15, 0.2) is 29.2 Å². The van der Waals surface area contributed by atoms with Gasteiger partial charge in [-0.3, -0.25) is 9.59 Å². The minimum absolute atomic E-state index is 0.0193. The Bertz CT molecular complexity index is 452. The van der Waals surface area contributed by atoms with Crippen molar-refractivity contribution in [3.8, 4) is 0 Å². The molecule has 1 rings (SSSR count). The van der Waals surface area contributed by atoms with Gasteiger partial charge in [0.25, 0.3) is 0 Å². The van der Waals surface area contributed by atoms with Gasteiger partial charge in [0.2, 0.25) is 11.8 Å². The third-order valence-corrected chi connectivity index (χ3v) is 3.73. The summed E-state index contributed by atoms with van der Waals surface area (Å²) in [6.07, 6.45) is 3.22. The molecule has 5 nitrogen and oxygen atoms in total. The van der Waals surface area contributed by atoms with Gasteiger partial charge in [-0.1, -0.05) is 18.6 Å². The summed E-state index contributed by atoms with van der Waals surface area (Å²) in [5.74, 6) is -0.198. The van der Waals surface area contributed by atoms with Crippen molar-refractivity contribution in [2.75, 3.05) is 17.6 Å². The highest BCUT2D eigenvalue weighted by Crippen LogP contribution is 2.26. The maximum absolute atomic E-state index is 11.8. The molecule has 0 spiro atoms. The van der Waals surface area contributed by atoms with Gasteiger partial charge in [0.1, 0.15) is 0 Å². The molecule has 0 atom stereocenters. The zero-order chi connectivity index (χ0) is 14.8. The van der Waals surface area contributed by atoms with Crippen LogP contribution in [0.3, 0.4) is 0 Å². The smallest absolute Gasteiger partial charge is 0.227 e. The van der Waals surface area contributed by atoms with Gasteiger partial charge >= 0.3 is 0 Å². The Hall–Kier alpha value is -1.53. The average molecular weight is 295 g/mol. The number of rotatable bonds is 9. The van der Waals surface area contributed by atoms with Crippen LogP contribution in [0.1, 0.15) is 25.7 Å². The van der Waals surface area contributed by atoms with E-state index in [0.29, 0.717) is 13.0 Å². The third-order valence-electron chi connectivity index (χ3n) is 2.64. The summed E-state index contributed by atoms with van der Waals surface area (Å²) in [5.41, 5.74) is 11.3. The molecule has 1 aromatic carbocycles. The van der Waals surface area contributed by atoms with Crippen molar-refractivity contribution in [1.82, 2.24) is 0 Å². The summed E-state index contributed by atoms with van der Waals surface area (Å²) < 4.78 is 0. The summed E-state index contributed by atoms with van der Waals surface area (Å²) in [6, 6.07) is 7.39. The van der Waals surface area contributed by atoms with E-state index in [0.717, 1.165) is 29.8 Å². The minimum atomic E-state index is -0.377. The monoisotopic (exact) mass is 295 g/mol. The molecule has 0 saturated carbocycles. The summed E-state index contributed by atoms with van der Waals surface area (Å²) in [5, 5.41) is 2.87. The number of primary amides is 1. The van der Waals surface area contributed by atoms with E-state index in [-0.39, 0.29) is 17.6 Å². The zero-order valence-corrected chi connectivity index (χ0v) is 12.2. The van der Waals surface area contributed by atoms with Gasteiger partial charge in [0, 0.05) is 11.3 Å². The van der Waals surface area contributed by atoms with Gasteiger partial charge in [-0.05, 0) is 31.5 Å². The predicted octanol–water partition coefficient (Wildman–Crippen LogP) is 1.72. The molecule has 0 radical (unpaired) electrons. The second kappa shape index (κ2) is 9.39. The minimum Gasteiger partial charge on any atom is -0.369 e. The van der Waals surface area contributed by atoms with Gasteiger partial charge in [-0.25, -0.2) is 0 Å². The number of hydrogen-bond acceptors (Lipinski definition) is 4. The van der Waals surface area contributed by atoms with Gasteiger partial charge in [0.15, 0.2) is 0 Å². The van der Waals surface area contributed by atoms with E-state index in [1.165, 1.54) is 11.8 Å². The molecule has 6 heteroatoms. The predicted molar refractivity (Wildman–Crippen MR) is 82.5 cm³/mol. The molecule has 1 aromatic rings. The van der Waals surface area contributed by atoms with Crippen molar-refractivity contribution in [1.29, 1.82) is 0 Å². The molecule has 2 amide bonds. The highest BCUT2D eigenvalue weighted by atomic mass is 32.2. The molecule has 110 valence electrons. The fraction of sp³-hybridized carbons (Fsp3) is 0.429. The Morgan fingerprint density at radius 3 is 2.60 bits per heavy atom. The molecular weight excluding hydrogens is 274 g/mol. The molecule has 20 heavy (non-hydrogen) atoms. The number of benzene rings is 1. The van der Waals surface area contributed by atoms with Crippen molar-refractivity contribution in [3.05, 3.63) is 24.3 Å². The maximum atomic E-state index is 11.8. The fourth-order valence-electron chi connectivity index (χ4n) is 1.66. The van der Waals surface area contributed by atoms with Crippen molar-refractivity contribution < 1.29 is 9.59 Å². The van der Waals surface area contributed by atoms with Crippen LogP contribution in [0.2, 0.25) is 0 Å². The number of hydrogen-bond donors (Lipinski definition) is 3. The molecule has 0 unspecified atom stereocenters. The van der Waals surface area contributed by atoms with Crippen LogP contribution >= 0.6 is 11.8 Å². The van der Waals surface area contributed by atoms with E-state index in [1.54, 1.807) is 0 Å². The lowest BCUT2D eigenvalue weighted by Gasteiger charge is -2.10. The number of carbonyl (C=O) groups is 2. The summed E-state index contributed by atoms with van der Waals surface area (Å²) in [7, 11) is 0. The van der Waals surface area contributed by atoms with Crippen LogP contribution in [0.25, 0.3) is 0 Å². The van der Waals surface area contributed by atoms with Crippen LogP contribution in [-0.4, -0.2) is 24.1 Å². The first-order valence-electron chi connectivity index (χ1n) is 6.63. The number of nitrogens with one attached hydrogen (secondary N) is 1. The Kier molecular flexibility index (Phi) is 7.75. The van der Waals surface area contributed by atoms with Crippen LogP contribution in [-0.2, 0) is 9.59 Å². The quantitative estimate of drug-likeness (QED) is 0.477. The van der Waals surface area contributed by atoms with Crippen molar-refractivity contribution in [2.45, 2.75) is 30.6 Å². The van der Waals surface area contributed by atoms with Gasteiger partial charge in [-0.15, -0.1) is 11.8 Å². The Morgan fingerprint density at radius 2 is 1.90 bits per heavy atom. The molecule has 0 aliphatic heterocycles. The number of amides is 2. The lowest BCUT2D eigenvalue weighted by Crippen LogP contribution is -2.14. The zero-order valence-electron chi connectivity index (χ0n) is 11.4. The van der Waals surface area contributed by atoms with Gasteiger partial charge in [-0.2, -0.15) is 0 Å². The molecule has 0 bridgehead atoms. The Balaban J connectivity index is 2.49. The molecule has 0 heterocycles. The summed E-state index contributed by atoms with van der Waals surface area (Å²) in [6.45, 7) is 0.661. The van der Waals surface area contributed by atoms with E-state index >= 15 is 0 Å². The van der Waals surface area contributed by atoms with Crippen molar-refractivity contribution in [3.63, 3.8) is 0 Å². The van der Waals surface area contributed by atoms with Crippen molar-refractivity contribution in [2.24, 2.45) is 11.5 Å². The standard InChI is InChI=1S/C14H21N3O2S/c15-9-5-1-2-8-14(19)17-11-6-3-4-7-12(11)20-10-13(16)18/h3-4,6-7H,1-2,5,8-10,15H2,(H2,16,18)(H,17,19). The molecule has 0 saturated heterocycles. The first-order valence-corrected chi connectivity index (χ1v) is 7.62. The molecule has 0 aliphatic rings. The van der Waals surface area contributed by atoms with Crippen molar-refractivity contribution >= 4 is 29.3 Å². The second-order valence-corrected chi connectivity index (χ2v) is 5.42. The van der Waals surface area contributed by atoms with E-state index in [4.69, 9.17) is 11.5 Å². The SMILES string of the molecule is NCCCCCC(=O)Nc1ccccc1SCC(N)=O. The topological polar surface area (TPSA) is 98.2 Å². The van der Waals surface area contributed by atoms with E-state index in [1.807, 2.05) is 24.3 Å². The Labute approximate surface area is 123 Å². The van der Waals surface area contributed by atoms with Gasteiger partial charge < -0.3 is 16.8 Å². The molecule has 0 aliphatic carbocycles. The summed E-state index contributed by atoms with van der Waals surface area (Å²) >= 11 is 1.32.